The first-order chi connectivity index (χ1) is 14.0. The summed E-state index contributed by atoms with van der Waals surface area (Å²) in [4.78, 5) is 22.5. The summed E-state index contributed by atoms with van der Waals surface area (Å²) in [6.07, 6.45) is 3.39. The number of carbonyl (C=O) groups excluding carboxylic acids is 2. The molecule has 14 N–H and O–H groups in total. The van der Waals surface area contributed by atoms with Gasteiger partial charge < -0.3 is 49.6 Å². The minimum absolute atomic E-state index is 0. The van der Waals surface area contributed by atoms with Crippen LogP contribution in [0, 0.1) is 0 Å². The summed E-state index contributed by atoms with van der Waals surface area (Å²) in [6, 6.07) is -1.79. The summed E-state index contributed by atoms with van der Waals surface area (Å²) >= 11 is 0. The number of esters is 2. The largest absolute Gasteiger partial charge is 0.469 e. The second-order valence-electron chi connectivity index (χ2n) is 8.30. The normalized spacial score (nSPS) is 15.1. The van der Waals surface area contributed by atoms with Crippen molar-refractivity contribution in [2.45, 2.75) is 93.7 Å². The SMILES string of the molecule is COC(=O)CC(N)CC(N)CC(N)CC(N)CC(N)CC(N)CC(N)CC(=O)OC.Cl.Cl.Cl.Cl.Cl.Cl.Cl. The number of nitrogens with two attached hydrogens (primary N) is 7. The first-order valence-corrected chi connectivity index (χ1v) is 10.4. The van der Waals surface area contributed by atoms with Crippen molar-refractivity contribution in [1.82, 2.24) is 0 Å². The zero-order valence-electron chi connectivity index (χ0n) is 21.2. The number of ether oxygens (including phenoxy) is 2. The number of carbonyl (C=O) groups is 2. The average molecular weight is 689 g/mol. The van der Waals surface area contributed by atoms with Gasteiger partial charge in [-0.15, -0.1) is 86.8 Å². The monoisotopic (exact) mass is 685 g/mol. The quantitative estimate of drug-likeness (QED) is 0.112. The number of rotatable bonds is 16. The van der Waals surface area contributed by atoms with Crippen LogP contribution in [0.4, 0.5) is 0 Å². The summed E-state index contributed by atoms with van der Waals surface area (Å²) in [5, 5.41) is 0. The molecular weight excluding hydrogens is 638 g/mol. The van der Waals surface area contributed by atoms with E-state index in [0.717, 1.165) is 0 Å². The van der Waals surface area contributed by atoms with Crippen LogP contribution in [-0.4, -0.2) is 68.5 Å². The van der Waals surface area contributed by atoms with Crippen LogP contribution in [0.5, 0.6) is 0 Å². The zero-order valence-corrected chi connectivity index (χ0v) is 26.9. The molecule has 0 amide bonds. The van der Waals surface area contributed by atoms with Gasteiger partial charge in [-0.2, -0.15) is 0 Å². The predicted octanol–water partition coefficient (Wildman–Crippen LogP) is 0.697. The van der Waals surface area contributed by atoms with E-state index in [2.05, 4.69) is 9.47 Å². The van der Waals surface area contributed by atoms with Gasteiger partial charge in [0.25, 0.3) is 0 Å². The highest BCUT2D eigenvalue weighted by atomic mass is 35.5. The van der Waals surface area contributed by atoms with Gasteiger partial charge in [0.2, 0.25) is 0 Å². The van der Waals surface area contributed by atoms with E-state index < -0.39 is 0 Å². The van der Waals surface area contributed by atoms with E-state index in [-0.39, 0.29) is 154 Å². The van der Waals surface area contributed by atoms with E-state index in [9.17, 15) is 9.59 Å². The van der Waals surface area contributed by atoms with Crippen LogP contribution in [0.25, 0.3) is 0 Å². The molecule has 6 unspecified atom stereocenters. The molecule has 11 nitrogen and oxygen atoms in total. The Balaban J connectivity index is -0.000000200. The molecule has 6 atom stereocenters. The number of halogens is 7. The molecule has 0 fully saturated rings. The van der Waals surface area contributed by atoms with Crippen molar-refractivity contribution in [3.05, 3.63) is 0 Å². The maximum atomic E-state index is 11.2. The fraction of sp³-hybridized carbons (Fsp3) is 0.895. The lowest BCUT2D eigenvalue weighted by molar-refractivity contribution is -0.142. The predicted molar refractivity (Wildman–Crippen MR) is 168 cm³/mol. The van der Waals surface area contributed by atoms with Crippen LogP contribution in [0.2, 0.25) is 0 Å². The molecule has 0 bridgehead atoms. The number of hydrogen-bond acceptors (Lipinski definition) is 11. The third kappa shape index (κ3) is 32.8. The maximum absolute atomic E-state index is 11.2. The van der Waals surface area contributed by atoms with Crippen molar-refractivity contribution < 1.29 is 19.1 Å². The van der Waals surface area contributed by atoms with Crippen LogP contribution >= 0.6 is 86.8 Å². The Labute approximate surface area is 264 Å². The lowest BCUT2D eigenvalue weighted by Gasteiger charge is -2.25. The minimum Gasteiger partial charge on any atom is -0.469 e. The van der Waals surface area contributed by atoms with Crippen molar-refractivity contribution in [2.75, 3.05) is 14.2 Å². The van der Waals surface area contributed by atoms with Gasteiger partial charge in [-0.1, -0.05) is 0 Å². The molecule has 0 heterocycles. The summed E-state index contributed by atoms with van der Waals surface area (Å²) in [5.41, 5.74) is 42.5. The van der Waals surface area contributed by atoms with E-state index in [0.29, 0.717) is 38.5 Å². The van der Waals surface area contributed by atoms with Gasteiger partial charge in [-0.25, -0.2) is 0 Å². The van der Waals surface area contributed by atoms with Gasteiger partial charge in [-0.05, 0) is 38.5 Å². The Kier molecular flexibility index (Phi) is 51.2. The maximum Gasteiger partial charge on any atom is 0.307 e. The molecular formula is C19H50Cl7N7O4. The van der Waals surface area contributed by atoms with Crippen molar-refractivity contribution >= 4 is 98.8 Å². The Morgan fingerprint density at radius 1 is 0.432 bits per heavy atom. The van der Waals surface area contributed by atoms with Gasteiger partial charge in [-0.3, -0.25) is 9.59 Å². The first kappa shape index (κ1) is 57.6. The smallest absolute Gasteiger partial charge is 0.307 e. The molecule has 0 aliphatic carbocycles. The fourth-order valence-electron chi connectivity index (χ4n) is 3.58. The van der Waals surface area contributed by atoms with Crippen molar-refractivity contribution in [3.63, 3.8) is 0 Å². The average Bonchev–Trinajstić information content (AvgIpc) is 2.59. The van der Waals surface area contributed by atoms with Gasteiger partial charge >= 0.3 is 11.9 Å². The molecule has 0 aromatic heterocycles. The molecule has 0 aromatic rings. The summed E-state index contributed by atoms with van der Waals surface area (Å²) in [7, 11) is 2.64. The highest BCUT2D eigenvalue weighted by Crippen LogP contribution is 2.12. The Bertz CT molecular complexity index is 481. The molecule has 234 valence electrons. The van der Waals surface area contributed by atoms with Crippen molar-refractivity contribution in [1.29, 1.82) is 0 Å². The van der Waals surface area contributed by atoms with Crippen molar-refractivity contribution in [2.24, 2.45) is 40.1 Å². The summed E-state index contributed by atoms with van der Waals surface area (Å²) in [5.74, 6) is -0.723. The molecule has 0 saturated carbocycles. The highest BCUT2D eigenvalue weighted by molar-refractivity contribution is 5.86. The molecule has 37 heavy (non-hydrogen) atoms. The molecule has 0 radical (unpaired) electrons. The second kappa shape index (κ2) is 32.9. The minimum atomic E-state index is -0.367. The molecule has 18 heteroatoms. The Hall–Kier alpha value is 0.690. The van der Waals surface area contributed by atoms with E-state index >= 15 is 0 Å². The molecule has 0 aromatic carbocycles. The standard InChI is InChI=1S/C19H43N7O4.7ClH/c1-29-18(27)9-16(25)7-14(23)5-12(21)3-11(20)4-13(22)6-15(24)8-17(26)10-19(28)30-2;;;;;;;/h11-17H,3-10,20-26H2,1-2H3;7*1H. The van der Waals surface area contributed by atoms with Gasteiger partial charge in [0, 0.05) is 42.3 Å². The highest BCUT2D eigenvalue weighted by Gasteiger charge is 2.21. The molecule has 0 rings (SSSR count). The number of hydrogen-bond donors (Lipinski definition) is 7. The van der Waals surface area contributed by atoms with Crippen molar-refractivity contribution in [3.8, 4) is 0 Å². The second-order valence-corrected chi connectivity index (χ2v) is 8.30. The third-order valence-corrected chi connectivity index (χ3v) is 4.95. The lowest BCUT2D eigenvalue weighted by atomic mass is 9.92. The summed E-state index contributed by atoms with van der Waals surface area (Å²) in [6.45, 7) is 0. The summed E-state index contributed by atoms with van der Waals surface area (Å²) < 4.78 is 9.19. The molecule has 0 aliphatic heterocycles. The van der Waals surface area contributed by atoms with Crippen LogP contribution in [0.1, 0.15) is 51.4 Å². The van der Waals surface area contributed by atoms with E-state index in [1.54, 1.807) is 0 Å². The van der Waals surface area contributed by atoms with Crippen LogP contribution in [-0.2, 0) is 19.1 Å². The van der Waals surface area contributed by atoms with Crippen LogP contribution in [0.15, 0.2) is 0 Å². The van der Waals surface area contributed by atoms with E-state index in [1.165, 1.54) is 14.2 Å². The number of methoxy groups -OCH3 is 2. The zero-order chi connectivity index (χ0) is 23.3. The van der Waals surface area contributed by atoms with E-state index in [1.807, 2.05) is 0 Å². The van der Waals surface area contributed by atoms with Crippen LogP contribution in [0.3, 0.4) is 0 Å². The molecule has 0 aliphatic rings. The topological polar surface area (TPSA) is 235 Å². The van der Waals surface area contributed by atoms with Crippen LogP contribution < -0.4 is 40.1 Å². The third-order valence-electron chi connectivity index (χ3n) is 4.95. The fourth-order valence-corrected chi connectivity index (χ4v) is 3.58. The van der Waals surface area contributed by atoms with Gasteiger partial charge in [0.15, 0.2) is 0 Å². The van der Waals surface area contributed by atoms with Gasteiger partial charge in [0.1, 0.15) is 0 Å². The Morgan fingerprint density at radius 2 is 0.595 bits per heavy atom. The van der Waals surface area contributed by atoms with E-state index in [4.69, 9.17) is 40.1 Å². The van der Waals surface area contributed by atoms with Gasteiger partial charge in [0.05, 0.1) is 27.1 Å². The molecule has 0 saturated heterocycles. The Morgan fingerprint density at radius 3 is 0.757 bits per heavy atom. The lowest BCUT2D eigenvalue weighted by Crippen LogP contribution is -2.42. The molecule has 0 spiro atoms. The first-order valence-electron chi connectivity index (χ1n) is 10.4.